The molecule has 0 fully saturated rings. The largest absolute Gasteiger partial charge is 0.459 e. The second kappa shape index (κ2) is 10.1. The lowest BCUT2D eigenvalue weighted by atomic mass is 10.1. The molecule has 0 rings (SSSR count). The molecule has 0 bridgehead atoms. The Bertz CT molecular complexity index is 257. The van der Waals surface area contributed by atoms with Gasteiger partial charge in [-0.25, -0.2) is 14.6 Å². The fraction of sp³-hybridized carbons (Fsp3) is 0.667. The number of hydrogen-bond acceptors (Lipinski definition) is 4. The number of hydrogen-bond donors (Lipinski definition) is 0. The third kappa shape index (κ3) is 7.94. The highest BCUT2D eigenvalue weighted by Gasteiger charge is 2.09. The van der Waals surface area contributed by atoms with Gasteiger partial charge in [0.25, 0.3) is 0 Å². The van der Waals surface area contributed by atoms with Crippen molar-refractivity contribution in [2.45, 2.75) is 45.1 Å². The van der Waals surface area contributed by atoms with Crippen LogP contribution < -0.4 is 0 Å². The Balaban J connectivity index is 3.58. The van der Waals surface area contributed by atoms with Gasteiger partial charge in [-0.15, -0.1) is 0 Å². The van der Waals surface area contributed by atoms with E-state index in [0.29, 0.717) is 6.54 Å². The van der Waals surface area contributed by atoms with Crippen molar-refractivity contribution < 1.29 is 14.3 Å². The summed E-state index contributed by atoms with van der Waals surface area (Å²) < 4.78 is 5.13. The van der Waals surface area contributed by atoms with Crippen LogP contribution in [0.5, 0.6) is 0 Å². The number of unbranched alkanes of at least 4 members (excludes halogenated alkanes) is 2. The maximum Gasteiger partial charge on any atom is 0.330 e. The number of carbonyl (C=O) groups excluding carboxylic acids is 2. The molecular weight excluding hydrogens is 206 g/mol. The van der Waals surface area contributed by atoms with E-state index in [1.807, 2.05) is 6.92 Å². The zero-order valence-corrected chi connectivity index (χ0v) is 9.78. The molecule has 0 heterocycles. The van der Waals surface area contributed by atoms with Crippen molar-refractivity contribution in [3.63, 3.8) is 0 Å². The molecule has 0 aliphatic rings. The van der Waals surface area contributed by atoms with Crippen LogP contribution >= 0.6 is 0 Å². The fourth-order valence-corrected chi connectivity index (χ4v) is 1.34. The lowest BCUT2D eigenvalue weighted by Gasteiger charge is -2.14. The van der Waals surface area contributed by atoms with Crippen molar-refractivity contribution in [2.24, 2.45) is 4.99 Å². The number of isocyanates is 1. The molecular formula is C12H19NO3. The van der Waals surface area contributed by atoms with Crippen LogP contribution in [0.25, 0.3) is 0 Å². The summed E-state index contributed by atoms with van der Waals surface area (Å²) >= 11 is 0. The zero-order chi connectivity index (χ0) is 12.2. The van der Waals surface area contributed by atoms with Crippen LogP contribution in [0.1, 0.15) is 39.0 Å². The second-order valence-electron chi connectivity index (χ2n) is 3.49. The summed E-state index contributed by atoms with van der Waals surface area (Å²) in [7, 11) is 0. The van der Waals surface area contributed by atoms with Crippen molar-refractivity contribution in [3.8, 4) is 0 Å². The smallest absolute Gasteiger partial charge is 0.330 e. The Morgan fingerprint density at radius 3 is 2.81 bits per heavy atom. The molecule has 16 heavy (non-hydrogen) atoms. The molecule has 1 atom stereocenters. The van der Waals surface area contributed by atoms with E-state index in [4.69, 9.17) is 4.74 Å². The van der Waals surface area contributed by atoms with Crippen molar-refractivity contribution in [1.29, 1.82) is 0 Å². The van der Waals surface area contributed by atoms with Crippen LogP contribution in [-0.4, -0.2) is 24.7 Å². The molecule has 4 nitrogen and oxygen atoms in total. The first-order chi connectivity index (χ1) is 7.74. The maximum atomic E-state index is 11.0. The van der Waals surface area contributed by atoms with Gasteiger partial charge in [0.05, 0.1) is 6.54 Å². The minimum Gasteiger partial charge on any atom is -0.459 e. The topological polar surface area (TPSA) is 55.7 Å². The van der Waals surface area contributed by atoms with E-state index in [0.717, 1.165) is 32.1 Å². The zero-order valence-electron chi connectivity index (χ0n) is 9.78. The molecule has 90 valence electrons. The summed E-state index contributed by atoms with van der Waals surface area (Å²) in [5, 5.41) is 0. The lowest BCUT2D eigenvalue weighted by Crippen LogP contribution is -2.15. The molecule has 1 unspecified atom stereocenters. The normalized spacial score (nSPS) is 11.3. The van der Waals surface area contributed by atoms with Crippen LogP contribution in [0, 0.1) is 0 Å². The summed E-state index contributed by atoms with van der Waals surface area (Å²) in [4.78, 5) is 24.2. The highest BCUT2D eigenvalue weighted by Crippen LogP contribution is 2.10. The molecule has 0 aromatic rings. The Morgan fingerprint density at radius 1 is 1.50 bits per heavy atom. The summed E-state index contributed by atoms with van der Waals surface area (Å²) in [6.07, 6.45) is 7.15. The fourth-order valence-electron chi connectivity index (χ4n) is 1.34. The molecule has 0 N–H and O–H groups in total. The van der Waals surface area contributed by atoms with Crippen molar-refractivity contribution in [1.82, 2.24) is 0 Å². The molecule has 0 amide bonds. The van der Waals surface area contributed by atoms with E-state index in [9.17, 15) is 9.59 Å². The SMILES string of the molecule is C=CC(=O)OC(CC)CCCCCN=C=O. The quantitative estimate of drug-likeness (QED) is 0.199. The van der Waals surface area contributed by atoms with E-state index in [2.05, 4.69) is 11.6 Å². The summed E-state index contributed by atoms with van der Waals surface area (Å²) in [5.41, 5.74) is 0. The number of aliphatic imine (C=N–C) groups is 1. The van der Waals surface area contributed by atoms with E-state index in [1.165, 1.54) is 12.2 Å². The summed E-state index contributed by atoms with van der Waals surface area (Å²) in [6, 6.07) is 0. The van der Waals surface area contributed by atoms with E-state index in [1.54, 1.807) is 0 Å². The number of nitrogens with zero attached hydrogens (tertiary/aromatic N) is 1. The molecule has 0 spiro atoms. The summed E-state index contributed by atoms with van der Waals surface area (Å²) in [5.74, 6) is -0.364. The molecule has 0 radical (unpaired) electrons. The van der Waals surface area contributed by atoms with Crippen LogP contribution in [-0.2, 0) is 14.3 Å². The number of rotatable bonds is 9. The minimum atomic E-state index is -0.364. The van der Waals surface area contributed by atoms with Gasteiger partial charge >= 0.3 is 5.97 Å². The average Bonchev–Trinajstić information content (AvgIpc) is 2.31. The third-order valence-electron chi connectivity index (χ3n) is 2.27. The first-order valence-electron chi connectivity index (χ1n) is 5.61. The molecule has 0 saturated carbocycles. The average molecular weight is 225 g/mol. The van der Waals surface area contributed by atoms with Crippen molar-refractivity contribution in [3.05, 3.63) is 12.7 Å². The van der Waals surface area contributed by atoms with Gasteiger partial charge in [-0.1, -0.05) is 19.9 Å². The Labute approximate surface area is 96.4 Å². The Hall–Kier alpha value is -1.41. The predicted molar refractivity (Wildman–Crippen MR) is 61.8 cm³/mol. The van der Waals surface area contributed by atoms with E-state index < -0.39 is 0 Å². The van der Waals surface area contributed by atoms with Gasteiger partial charge in [0.15, 0.2) is 0 Å². The van der Waals surface area contributed by atoms with Crippen LogP contribution in [0.2, 0.25) is 0 Å². The first kappa shape index (κ1) is 14.6. The maximum absolute atomic E-state index is 11.0. The van der Waals surface area contributed by atoms with Crippen LogP contribution in [0.4, 0.5) is 0 Å². The van der Waals surface area contributed by atoms with Gasteiger partial charge in [0.1, 0.15) is 6.10 Å². The molecule has 0 aromatic heterocycles. The number of ether oxygens (including phenoxy) is 1. The first-order valence-corrected chi connectivity index (χ1v) is 5.61. The van der Waals surface area contributed by atoms with Gasteiger partial charge in [0.2, 0.25) is 6.08 Å². The van der Waals surface area contributed by atoms with E-state index >= 15 is 0 Å². The monoisotopic (exact) mass is 225 g/mol. The highest BCUT2D eigenvalue weighted by atomic mass is 16.5. The molecule has 0 aromatic carbocycles. The number of carbonyl (C=O) groups is 1. The Kier molecular flexibility index (Phi) is 9.23. The highest BCUT2D eigenvalue weighted by molar-refractivity contribution is 5.81. The van der Waals surface area contributed by atoms with Crippen molar-refractivity contribution in [2.75, 3.05) is 6.54 Å². The second-order valence-corrected chi connectivity index (χ2v) is 3.49. The van der Waals surface area contributed by atoms with Gasteiger partial charge in [0, 0.05) is 6.08 Å². The third-order valence-corrected chi connectivity index (χ3v) is 2.27. The van der Waals surface area contributed by atoms with Gasteiger partial charge in [-0.3, -0.25) is 0 Å². The van der Waals surface area contributed by atoms with E-state index in [-0.39, 0.29) is 12.1 Å². The molecule has 0 aliphatic carbocycles. The van der Waals surface area contributed by atoms with Crippen LogP contribution in [0.15, 0.2) is 17.6 Å². The van der Waals surface area contributed by atoms with Gasteiger partial charge in [-0.2, -0.15) is 0 Å². The summed E-state index contributed by atoms with van der Waals surface area (Å²) in [6.45, 7) is 5.87. The van der Waals surface area contributed by atoms with Gasteiger partial charge in [-0.05, 0) is 25.7 Å². The van der Waals surface area contributed by atoms with Crippen molar-refractivity contribution >= 4 is 12.0 Å². The minimum absolute atomic E-state index is 0.0277. The standard InChI is InChI=1S/C12H19NO3/c1-3-11(16-12(15)4-2)8-6-5-7-9-13-10-14/h4,11H,2-3,5-9H2,1H3. The molecule has 0 aliphatic heterocycles. The van der Waals surface area contributed by atoms with Crippen LogP contribution in [0.3, 0.4) is 0 Å². The lowest BCUT2D eigenvalue weighted by molar-refractivity contribution is -0.143. The molecule has 0 saturated heterocycles. The Morgan fingerprint density at radius 2 is 2.25 bits per heavy atom. The van der Waals surface area contributed by atoms with Gasteiger partial charge < -0.3 is 4.74 Å². The number of esters is 1. The predicted octanol–water partition coefficient (Wildman–Crippen LogP) is 2.39. The molecule has 4 heteroatoms.